The molecule has 1 aliphatic carbocycles. The van der Waals surface area contributed by atoms with Crippen molar-refractivity contribution < 1.29 is 19.1 Å². The molecule has 0 spiro atoms. The van der Waals surface area contributed by atoms with E-state index >= 15 is 0 Å². The van der Waals surface area contributed by atoms with Crippen molar-refractivity contribution in [3.05, 3.63) is 70.8 Å². The van der Waals surface area contributed by atoms with Crippen molar-refractivity contribution in [2.75, 3.05) is 0 Å². The SMILES string of the molecule is Cc1cc(C)cc(C(C(=O)NCc2ccccc2)N(C(=O)C(NC(=O)OC(C)(C)C)C(C)C)C2CC2C)c1. The number of carbonyl (C=O) groups is 3. The fourth-order valence-corrected chi connectivity index (χ4v) is 4.77. The highest BCUT2D eigenvalue weighted by Gasteiger charge is 2.48. The fraction of sp³-hybridized carbons (Fsp3) is 0.516. The number of hydrogen-bond acceptors (Lipinski definition) is 4. The lowest BCUT2D eigenvalue weighted by Gasteiger charge is -2.36. The Morgan fingerprint density at radius 3 is 2.11 bits per heavy atom. The molecule has 2 aromatic rings. The molecule has 2 aromatic carbocycles. The van der Waals surface area contributed by atoms with Crippen LogP contribution < -0.4 is 10.6 Å². The molecule has 0 bridgehead atoms. The number of alkyl carbamates (subject to hydrolysis) is 1. The van der Waals surface area contributed by atoms with Crippen LogP contribution in [-0.2, 0) is 20.9 Å². The lowest BCUT2D eigenvalue weighted by molar-refractivity contribution is -0.144. The summed E-state index contributed by atoms with van der Waals surface area (Å²) in [6, 6.07) is 13.9. The number of amides is 3. The van der Waals surface area contributed by atoms with Crippen molar-refractivity contribution >= 4 is 17.9 Å². The molecule has 0 aliphatic heterocycles. The maximum atomic E-state index is 14.3. The number of benzene rings is 2. The summed E-state index contributed by atoms with van der Waals surface area (Å²) in [5.74, 6) is -0.479. The van der Waals surface area contributed by atoms with Crippen LogP contribution in [0.5, 0.6) is 0 Å². The first-order valence-corrected chi connectivity index (χ1v) is 13.5. The van der Waals surface area contributed by atoms with Crippen LogP contribution in [0, 0.1) is 25.7 Å². The second-order valence-corrected chi connectivity index (χ2v) is 11.9. The van der Waals surface area contributed by atoms with Crippen molar-refractivity contribution in [2.45, 2.75) is 92.1 Å². The van der Waals surface area contributed by atoms with E-state index in [2.05, 4.69) is 23.6 Å². The van der Waals surface area contributed by atoms with Crippen LogP contribution in [0.3, 0.4) is 0 Å². The normalized spacial score (nSPS) is 18.3. The summed E-state index contributed by atoms with van der Waals surface area (Å²) in [6.07, 6.45) is 0.154. The number of carbonyl (C=O) groups excluding carboxylic acids is 3. The van der Waals surface area contributed by atoms with Crippen molar-refractivity contribution in [2.24, 2.45) is 11.8 Å². The highest BCUT2D eigenvalue weighted by atomic mass is 16.6. The minimum atomic E-state index is -0.840. The molecule has 0 saturated heterocycles. The maximum Gasteiger partial charge on any atom is 0.408 e. The zero-order valence-electron chi connectivity index (χ0n) is 24.0. The van der Waals surface area contributed by atoms with Gasteiger partial charge in [0, 0.05) is 12.6 Å². The third-order valence-electron chi connectivity index (χ3n) is 6.68. The van der Waals surface area contributed by atoms with Gasteiger partial charge in [-0.25, -0.2) is 4.79 Å². The molecule has 1 saturated carbocycles. The predicted octanol–water partition coefficient (Wildman–Crippen LogP) is 5.45. The molecule has 4 atom stereocenters. The fourth-order valence-electron chi connectivity index (χ4n) is 4.77. The van der Waals surface area contributed by atoms with E-state index in [4.69, 9.17) is 4.74 Å². The van der Waals surface area contributed by atoms with Crippen LogP contribution in [0.15, 0.2) is 48.5 Å². The van der Waals surface area contributed by atoms with Crippen LogP contribution in [0.1, 0.15) is 76.3 Å². The van der Waals surface area contributed by atoms with Crippen LogP contribution in [-0.4, -0.2) is 40.5 Å². The highest BCUT2D eigenvalue weighted by Crippen LogP contribution is 2.41. The molecule has 0 heterocycles. The Morgan fingerprint density at radius 2 is 1.61 bits per heavy atom. The first kappa shape index (κ1) is 29.2. The standard InChI is InChI=1S/C31H43N3O4/c1-19(2)26(33-30(37)38-31(6,7)8)29(36)34(25-17-22(25)5)27(24-15-20(3)14-21(4)16-24)28(35)32-18-23-12-10-9-11-13-23/h9-16,19,22,25-27H,17-18H2,1-8H3,(H,32,35)(H,33,37). The number of rotatable bonds is 9. The minimum Gasteiger partial charge on any atom is -0.444 e. The Morgan fingerprint density at radius 1 is 1.03 bits per heavy atom. The van der Waals surface area contributed by atoms with Crippen LogP contribution in [0.4, 0.5) is 4.79 Å². The maximum absolute atomic E-state index is 14.3. The van der Waals surface area contributed by atoms with E-state index in [0.29, 0.717) is 6.54 Å². The van der Waals surface area contributed by atoms with Gasteiger partial charge in [0.15, 0.2) is 0 Å². The quantitative estimate of drug-likeness (QED) is 0.460. The van der Waals surface area contributed by atoms with Gasteiger partial charge in [0.1, 0.15) is 17.7 Å². The van der Waals surface area contributed by atoms with E-state index in [1.165, 1.54) is 0 Å². The average Bonchev–Trinajstić information content (AvgIpc) is 3.53. The molecule has 4 unspecified atom stereocenters. The van der Waals surface area contributed by atoms with Crippen molar-refractivity contribution in [3.63, 3.8) is 0 Å². The van der Waals surface area contributed by atoms with Crippen molar-refractivity contribution in [3.8, 4) is 0 Å². The van der Waals surface area contributed by atoms with E-state index in [0.717, 1.165) is 28.7 Å². The number of aryl methyl sites for hydroxylation is 2. The minimum absolute atomic E-state index is 0.0996. The molecule has 3 rings (SSSR count). The van der Waals surface area contributed by atoms with Crippen LogP contribution >= 0.6 is 0 Å². The first-order valence-electron chi connectivity index (χ1n) is 13.5. The number of nitrogens with one attached hydrogen (secondary N) is 2. The van der Waals surface area contributed by atoms with Gasteiger partial charge in [-0.1, -0.05) is 80.4 Å². The molecule has 3 amide bonds. The van der Waals surface area contributed by atoms with Gasteiger partial charge < -0.3 is 20.3 Å². The lowest BCUT2D eigenvalue weighted by Crippen LogP contribution is -2.55. The van der Waals surface area contributed by atoms with E-state index in [1.54, 1.807) is 25.7 Å². The van der Waals surface area contributed by atoms with Gasteiger partial charge in [0.2, 0.25) is 11.8 Å². The van der Waals surface area contributed by atoms with Gasteiger partial charge in [0.05, 0.1) is 0 Å². The molecule has 38 heavy (non-hydrogen) atoms. The zero-order valence-corrected chi connectivity index (χ0v) is 24.0. The van der Waals surface area contributed by atoms with Crippen LogP contribution in [0.25, 0.3) is 0 Å². The Balaban J connectivity index is 1.99. The number of ether oxygens (including phenoxy) is 1. The van der Waals surface area contributed by atoms with Gasteiger partial charge in [-0.3, -0.25) is 9.59 Å². The molecule has 0 radical (unpaired) electrons. The topological polar surface area (TPSA) is 87.7 Å². The van der Waals surface area contributed by atoms with Gasteiger partial charge >= 0.3 is 6.09 Å². The molecular formula is C31H43N3O4. The van der Waals surface area contributed by atoms with Gasteiger partial charge in [0.25, 0.3) is 0 Å². The van der Waals surface area contributed by atoms with Crippen LogP contribution in [0.2, 0.25) is 0 Å². The predicted molar refractivity (Wildman–Crippen MR) is 149 cm³/mol. The Bertz CT molecular complexity index is 1120. The average molecular weight is 522 g/mol. The highest BCUT2D eigenvalue weighted by molar-refractivity contribution is 5.92. The van der Waals surface area contributed by atoms with Gasteiger partial charge in [-0.2, -0.15) is 0 Å². The summed E-state index contributed by atoms with van der Waals surface area (Å²) in [5, 5.41) is 5.86. The Hall–Kier alpha value is -3.35. The van der Waals surface area contributed by atoms with Gasteiger partial charge in [-0.05, 0) is 64.0 Å². The Kier molecular flexibility index (Phi) is 9.23. The molecule has 7 nitrogen and oxygen atoms in total. The third kappa shape index (κ3) is 7.83. The number of nitrogens with zero attached hydrogens (tertiary/aromatic N) is 1. The van der Waals surface area contributed by atoms with Crippen molar-refractivity contribution in [1.29, 1.82) is 0 Å². The van der Waals surface area contributed by atoms with Crippen molar-refractivity contribution in [1.82, 2.24) is 15.5 Å². The van der Waals surface area contributed by atoms with E-state index < -0.39 is 23.8 Å². The smallest absolute Gasteiger partial charge is 0.408 e. The second kappa shape index (κ2) is 12.0. The summed E-state index contributed by atoms with van der Waals surface area (Å²) in [6.45, 7) is 15.5. The first-order chi connectivity index (χ1) is 17.8. The van der Waals surface area contributed by atoms with E-state index in [9.17, 15) is 14.4 Å². The Labute approximate surface area is 227 Å². The molecule has 2 N–H and O–H groups in total. The summed E-state index contributed by atoms with van der Waals surface area (Å²) in [4.78, 5) is 42.6. The monoisotopic (exact) mass is 521 g/mol. The molecule has 1 fully saturated rings. The number of hydrogen-bond donors (Lipinski definition) is 2. The summed E-state index contributed by atoms with van der Waals surface area (Å²) in [5.41, 5.74) is 3.08. The summed E-state index contributed by atoms with van der Waals surface area (Å²) >= 11 is 0. The third-order valence-corrected chi connectivity index (χ3v) is 6.68. The second-order valence-electron chi connectivity index (χ2n) is 11.9. The lowest BCUT2D eigenvalue weighted by atomic mass is 9.96. The zero-order chi connectivity index (χ0) is 28.2. The largest absolute Gasteiger partial charge is 0.444 e. The van der Waals surface area contributed by atoms with Gasteiger partial charge in [-0.15, -0.1) is 0 Å². The summed E-state index contributed by atoms with van der Waals surface area (Å²) < 4.78 is 5.46. The molecule has 7 heteroatoms. The molecular weight excluding hydrogens is 478 g/mol. The molecule has 1 aliphatic rings. The molecule has 0 aromatic heterocycles. The van der Waals surface area contributed by atoms with E-state index in [-0.39, 0.29) is 29.7 Å². The summed E-state index contributed by atoms with van der Waals surface area (Å²) in [7, 11) is 0. The van der Waals surface area contributed by atoms with E-state index in [1.807, 2.05) is 70.2 Å². The molecule has 206 valence electrons.